The van der Waals surface area contributed by atoms with Gasteiger partial charge in [0.2, 0.25) is 0 Å². The van der Waals surface area contributed by atoms with E-state index in [1.165, 1.54) is 24.3 Å². The summed E-state index contributed by atoms with van der Waals surface area (Å²) in [5.74, 6) is -1.21. The predicted octanol–water partition coefficient (Wildman–Crippen LogP) is 6.47. The Kier molecular flexibility index (Phi) is 6.84. The fraction of sp³-hybridized carbons (Fsp3) is 0.160. The van der Waals surface area contributed by atoms with Crippen molar-refractivity contribution in [3.8, 4) is 11.1 Å². The van der Waals surface area contributed by atoms with Gasteiger partial charge in [-0.25, -0.2) is 8.78 Å². The van der Waals surface area contributed by atoms with E-state index < -0.39 is 5.82 Å². The Bertz CT molecular complexity index is 1270. The van der Waals surface area contributed by atoms with Crippen LogP contribution in [0.15, 0.2) is 60.7 Å². The highest BCUT2D eigenvalue weighted by atomic mass is 35.5. The topological polar surface area (TPSA) is 38.3 Å². The van der Waals surface area contributed by atoms with Gasteiger partial charge >= 0.3 is 0 Å². The first-order valence-corrected chi connectivity index (χ1v) is 11.2. The van der Waals surface area contributed by atoms with Gasteiger partial charge in [0, 0.05) is 40.2 Å². The summed E-state index contributed by atoms with van der Waals surface area (Å²) in [6.45, 7) is 0.719. The normalized spacial score (nSPS) is 11.1. The maximum absolute atomic E-state index is 14.4. The van der Waals surface area contributed by atoms with Gasteiger partial charge in [-0.2, -0.15) is 0 Å². The molecule has 0 radical (unpaired) electrons. The molecule has 0 fully saturated rings. The van der Waals surface area contributed by atoms with Crippen molar-refractivity contribution in [3.63, 3.8) is 0 Å². The zero-order chi connectivity index (χ0) is 22.7. The van der Waals surface area contributed by atoms with Crippen LogP contribution in [0.4, 0.5) is 8.78 Å². The van der Waals surface area contributed by atoms with Crippen LogP contribution >= 0.6 is 22.9 Å². The third-order valence-corrected chi connectivity index (χ3v) is 6.36. The standard InChI is InChI=1S/C25H20ClF2NO2S/c1-31-6-5-29-25(30)18-10-17(11-21(28)12-18)23-4-2-3-16-13-22(32-24(16)23)9-15-7-19(26)14-20(27)8-15/h2-4,7-8,10-14H,5-6,9H2,1H3,(H,29,30). The smallest absolute Gasteiger partial charge is 0.251 e. The van der Waals surface area contributed by atoms with E-state index >= 15 is 0 Å². The molecule has 1 N–H and O–H groups in total. The van der Waals surface area contributed by atoms with Crippen molar-refractivity contribution in [1.29, 1.82) is 0 Å². The molecule has 3 aromatic carbocycles. The van der Waals surface area contributed by atoms with Crippen molar-refractivity contribution < 1.29 is 18.3 Å². The van der Waals surface area contributed by atoms with Crippen molar-refractivity contribution in [2.45, 2.75) is 6.42 Å². The number of hydrogen-bond acceptors (Lipinski definition) is 3. The van der Waals surface area contributed by atoms with Crippen LogP contribution in [0.25, 0.3) is 21.2 Å². The Labute approximate surface area is 193 Å². The summed E-state index contributed by atoms with van der Waals surface area (Å²) in [6, 6.07) is 16.7. The third kappa shape index (κ3) is 5.15. The fourth-order valence-electron chi connectivity index (χ4n) is 3.59. The second-order valence-corrected chi connectivity index (χ2v) is 8.94. The number of thiophene rings is 1. The summed E-state index contributed by atoms with van der Waals surface area (Å²) < 4.78 is 34.0. The average Bonchev–Trinajstić information content (AvgIpc) is 3.15. The molecule has 0 saturated heterocycles. The molecule has 4 aromatic rings. The second kappa shape index (κ2) is 9.77. The van der Waals surface area contributed by atoms with Gasteiger partial charge < -0.3 is 10.1 Å². The lowest BCUT2D eigenvalue weighted by Crippen LogP contribution is -2.27. The van der Waals surface area contributed by atoms with E-state index in [0.29, 0.717) is 30.2 Å². The summed E-state index contributed by atoms with van der Waals surface area (Å²) in [6.07, 6.45) is 0.534. The Hall–Kier alpha value is -2.80. The van der Waals surface area contributed by atoms with Crippen molar-refractivity contribution in [1.82, 2.24) is 5.32 Å². The van der Waals surface area contributed by atoms with E-state index in [-0.39, 0.29) is 17.3 Å². The van der Waals surface area contributed by atoms with Crippen LogP contribution in [-0.4, -0.2) is 26.2 Å². The lowest BCUT2D eigenvalue weighted by atomic mass is 10.0. The second-order valence-electron chi connectivity index (χ2n) is 7.37. The number of fused-ring (bicyclic) bond motifs is 1. The van der Waals surface area contributed by atoms with Gasteiger partial charge in [0.05, 0.1) is 6.61 Å². The monoisotopic (exact) mass is 471 g/mol. The minimum absolute atomic E-state index is 0.249. The minimum atomic E-state index is -0.484. The highest BCUT2D eigenvalue weighted by Gasteiger charge is 2.14. The quantitative estimate of drug-likeness (QED) is 0.314. The SMILES string of the molecule is COCCNC(=O)c1cc(F)cc(-c2cccc3cc(Cc4cc(F)cc(Cl)c4)sc23)c1. The van der Waals surface area contributed by atoms with Crippen LogP contribution in [0, 0.1) is 11.6 Å². The van der Waals surface area contributed by atoms with Crippen LogP contribution in [0.1, 0.15) is 20.8 Å². The molecule has 7 heteroatoms. The molecular formula is C25H20ClF2NO2S. The Balaban J connectivity index is 1.68. The Morgan fingerprint density at radius 2 is 1.88 bits per heavy atom. The van der Waals surface area contributed by atoms with Crippen LogP contribution in [0.5, 0.6) is 0 Å². The number of amides is 1. The Morgan fingerprint density at radius 3 is 2.66 bits per heavy atom. The summed E-state index contributed by atoms with van der Waals surface area (Å²) in [5.41, 5.74) is 2.49. The minimum Gasteiger partial charge on any atom is -0.383 e. The number of rotatable bonds is 7. The molecule has 0 aliphatic carbocycles. The summed E-state index contributed by atoms with van der Waals surface area (Å²) in [5, 5.41) is 4.07. The number of methoxy groups -OCH3 is 1. The molecule has 1 aromatic heterocycles. The molecule has 1 heterocycles. The van der Waals surface area contributed by atoms with Crippen molar-refractivity contribution in [2.24, 2.45) is 0 Å². The molecule has 164 valence electrons. The molecular weight excluding hydrogens is 452 g/mol. The number of halogens is 3. The number of benzene rings is 3. The molecule has 1 amide bonds. The number of ether oxygens (including phenoxy) is 1. The summed E-state index contributed by atoms with van der Waals surface area (Å²) >= 11 is 7.54. The van der Waals surface area contributed by atoms with E-state index in [2.05, 4.69) is 5.32 Å². The first kappa shape index (κ1) is 22.4. The number of hydrogen-bond donors (Lipinski definition) is 1. The van der Waals surface area contributed by atoms with Crippen molar-refractivity contribution in [2.75, 3.05) is 20.3 Å². The van der Waals surface area contributed by atoms with Crippen molar-refractivity contribution >= 4 is 38.9 Å². The van der Waals surface area contributed by atoms with Crippen LogP contribution in [0.3, 0.4) is 0 Å². The van der Waals surface area contributed by atoms with Crippen LogP contribution < -0.4 is 5.32 Å². The molecule has 0 unspecified atom stereocenters. The molecule has 0 bridgehead atoms. The fourth-order valence-corrected chi connectivity index (χ4v) is 5.06. The lowest BCUT2D eigenvalue weighted by Gasteiger charge is -2.09. The molecule has 0 aliphatic heterocycles. The third-order valence-electron chi connectivity index (χ3n) is 4.96. The van der Waals surface area contributed by atoms with E-state index in [4.69, 9.17) is 16.3 Å². The van der Waals surface area contributed by atoms with Gasteiger partial charge in [-0.15, -0.1) is 11.3 Å². The first-order valence-electron chi connectivity index (χ1n) is 9.97. The highest BCUT2D eigenvalue weighted by Crippen LogP contribution is 2.36. The molecule has 0 aliphatic rings. The molecule has 0 spiro atoms. The highest BCUT2D eigenvalue weighted by molar-refractivity contribution is 7.19. The molecule has 0 saturated carbocycles. The van der Waals surface area contributed by atoms with Gasteiger partial charge in [-0.05, 0) is 64.5 Å². The zero-order valence-electron chi connectivity index (χ0n) is 17.3. The maximum Gasteiger partial charge on any atom is 0.251 e. The summed E-state index contributed by atoms with van der Waals surface area (Å²) in [4.78, 5) is 13.4. The van der Waals surface area contributed by atoms with Gasteiger partial charge in [0.1, 0.15) is 11.6 Å². The number of nitrogens with one attached hydrogen (secondary N) is 1. The lowest BCUT2D eigenvalue weighted by molar-refractivity contribution is 0.0936. The number of carbonyl (C=O) groups excluding carboxylic acids is 1. The first-order chi connectivity index (χ1) is 15.4. The molecule has 32 heavy (non-hydrogen) atoms. The summed E-state index contributed by atoms with van der Waals surface area (Å²) in [7, 11) is 1.55. The van der Waals surface area contributed by atoms with Gasteiger partial charge in [0.25, 0.3) is 5.91 Å². The van der Waals surface area contributed by atoms with Gasteiger partial charge in [-0.3, -0.25) is 4.79 Å². The Morgan fingerprint density at radius 1 is 1.06 bits per heavy atom. The zero-order valence-corrected chi connectivity index (χ0v) is 18.8. The van der Waals surface area contributed by atoms with E-state index in [9.17, 15) is 13.6 Å². The van der Waals surface area contributed by atoms with E-state index in [0.717, 1.165) is 26.1 Å². The molecule has 0 atom stereocenters. The van der Waals surface area contributed by atoms with Gasteiger partial charge in [-0.1, -0.05) is 29.8 Å². The van der Waals surface area contributed by atoms with Crippen molar-refractivity contribution in [3.05, 3.63) is 93.3 Å². The van der Waals surface area contributed by atoms with E-state index in [1.807, 2.05) is 24.3 Å². The largest absolute Gasteiger partial charge is 0.383 e. The average molecular weight is 472 g/mol. The van der Waals surface area contributed by atoms with Gasteiger partial charge in [0.15, 0.2) is 0 Å². The molecule has 4 rings (SSSR count). The van der Waals surface area contributed by atoms with Crippen LogP contribution in [0.2, 0.25) is 5.02 Å². The van der Waals surface area contributed by atoms with E-state index in [1.54, 1.807) is 30.6 Å². The van der Waals surface area contributed by atoms with Crippen LogP contribution in [-0.2, 0) is 11.2 Å². The molecule has 3 nitrogen and oxygen atoms in total. The number of carbonyl (C=O) groups is 1. The maximum atomic E-state index is 14.4. The predicted molar refractivity (Wildman–Crippen MR) is 126 cm³/mol.